The first-order valence-corrected chi connectivity index (χ1v) is 6.30. The van der Waals surface area contributed by atoms with Gasteiger partial charge in [0.15, 0.2) is 0 Å². The molecule has 2 unspecified atom stereocenters. The van der Waals surface area contributed by atoms with Gasteiger partial charge in [-0.2, -0.15) is 9.97 Å². The minimum absolute atomic E-state index is 0.231. The van der Waals surface area contributed by atoms with Crippen molar-refractivity contribution in [1.29, 1.82) is 0 Å². The molecule has 1 aliphatic carbocycles. The molecule has 0 bridgehead atoms. The minimum atomic E-state index is 0.231. The molecular formula is C12H21N5. The summed E-state index contributed by atoms with van der Waals surface area (Å²) >= 11 is 0. The Kier molecular flexibility index (Phi) is 3.66. The molecule has 17 heavy (non-hydrogen) atoms. The summed E-state index contributed by atoms with van der Waals surface area (Å²) in [6, 6.07) is 2.22. The van der Waals surface area contributed by atoms with E-state index in [0.717, 1.165) is 11.7 Å². The van der Waals surface area contributed by atoms with Gasteiger partial charge in [0.25, 0.3) is 0 Å². The van der Waals surface area contributed by atoms with E-state index >= 15 is 0 Å². The van der Waals surface area contributed by atoms with Crippen LogP contribution in [-0.2, 0) is 0 Å². The monoisotopic (exact) mass is 235 g/mol. The Morgan fingerprint density at radius 1 is 1.18 bits per heavy atom. The molecule has 0 aliphatic heterocycles. The molecular weight excluding hydrogens is 214 g/mol. The van der Waals surface area contributed by atoms with Gasteiger partial charge in [0.05, 0.1) is 0 Å². The number of hydrogen-bond acceptors (Lipinski definition) is 5. The molecule has 0 radical (unpaired) electrons. The van der Waals surface area contributed by atoms with Crippen LogP contribution in [0.3, 0.4) is 0 Å². The number of nitrogens with one attached hydrogen (secondary N) is 1. The van der Waals surface area contributed by atoms with Gasteiger partial charge in [-0.3, -0.25) is 0 Å². The third-order valence-electron chi connectivity index (χ3n) is 3.37. The van der Waals surface area contributed by atoms with Gasteiger partial charge in [0, 0.05) is 12.1 Å². The minimum Gasteiger partial charge on any atom is -0.383 e. The van der Waals surface area contributed by atoms with E-state index in [0.29, 0.717) is 11.9 Å². The molecule has 0 amide bonds. The van der Waals surface area contributed by atoms with Crippen molar-refractivity contribution in [3.05, 3.63) is 6.07 Å². The van der Waals surface area contributed by atoms with Crippen LogP contribution in [0.5, 0.6) is 0 Å². The van der Waals surface area contributed by atoms with Gasteiger partial charge < -0.3 is 16.8 Å². The normalized spacial score (nSPS) is 25.2. The maximum atomic E-state index is 5.65. The lowest BCUT2D eigenvalue weighted by atomic mass is 10.0. The van der Waals surface area contributed by atoms with Gasteiger partial charge in [-0.05, 0) is 25.2 Å². The fraction of sp³-hybridized carbons (Fsp3) is 0.667. The van der Waals surface area contributed by atoms with Gasteiger partial charge in [0.1, 0.15) is 11.6 Å². The van der Waals surface area contributed by atoms with Crippen LogP contribution in [0.1, 0.15) is 39.0 Å². The highest BCUT2D eigenvalue weighted by molar-refractivity contribution is 5.48. The molecule has 5 heteroatoms. The zero-order chi connectivity index (χ0) is 12.3. The summed E-state index contributed by atoms with van der Waals surface area (Å²) in [5.74, 6) is 2.23. The van der Waals surface area contributed by atoms with Gasteiger partial charge in [-0.1, -0.05) is 19.8 Å². The van der Waals surface area contributed by atoms with Gasteiger partial charge in [-0.25, -0.2) is 0 Å². The average Bonchev–Trinajstić information content (AvgIpc) is 2.42. The molecule has 94 valence electrons. The predicted molar refractivity (Wildman–Crippen MR) is 70.5 cm³/mol. The summed E-state index contributed by atoms with van der Waals surface area (Å²) in [5, 5.41) is 3.41. The highest BCUT2D eigenvalue weighted by Gasteiger charge is 2.16. The number of nitrogens with two attached hydrogens (primary N) is 2. The van der Waals surface area contributed by atoms with Crippen LogP contribution in [-0.4, -0.2) is 16.0 Å². The van der Waals surface area contributed by atoms with Crippen molar-refractivity contribution in [3.8, 4) is 0 Å². The van der Waals surface area contributed by atoms with Crippen LogP contribution in [0.2, 0.25) is 0 Å². The summed E-state index contributed by atoms with van der Waals surface area (Å²) < 4.78 is 0. The zero-order valence-corrected chi connectivity index (χ0v) is 10.3. The molecule has 1 aliphatic rings. The van der Waals surface area contributed by atoms with Crippen molar-refractivity contribution < 1.29 is 0 Å². The standard InChI is InChI=1S/C12H21N5/c1-8-3-2-4-9(6-5-8)15-11-7-10(13)16-12(14)17-11/h7-9H,2-6H2,1H3,(H5,13,14,15,16,17). The second kappa shape index (κ2) is 5.21. The lowest BCUT2D eigenvalue weighted by Crippen LogP contribution is -2.20. The average molecular weight is 235 g/mol. The maximum Gasteiger partial charge on any atom is 0.223 e. The molecule has 5 N–H and O–H groups in total. The largest absolute Gasteiger partial charge is 0.383 e. The first kappa shape index (κ1) is 12.0. The molecule has 5 nitrogen and oxygen atoms in total. The summed E-state index contributed by atoms with van der Waals surface area (Å²) in [5.41, 5.74) is 11.2. The van der Waals surface area contributed by atoms with Crippen LogP contribution in [0.4, 0.5) is 17.6 Å². The number of rotatable bonds is 2. The van der Waals surface area contributed by atoms with E-state index in [1.165, 1.54) is 32.1 Å². The van der Waals surface area contributed by atoms with Gasteiger partial charge in [0.2, 0.25) is 5.95 Å². The van der Waals surface area contributed by atoms with E-state index in [9.17, 15) is 0 Å². The first-order valence-electron chi connectivity index (χ1n) is 6.30. The molecule has 1 fully saturated rings. The summed E-state index contributed by atoms with van der Waals surface area (Å²) in [6.45, 7) is 2.32. The molecule has 0 spiro atoms. The van der Waals surface area contributed by atoms with E-state index in [2.05, 4.69) is 22.2 Å². The third kappa shape index (κ3) is 3.47. The van der Waals surface area contributed by atoms with Crippen molar-refractivity contribution >= 4 is 17.6 Å². The number of nitrogens with zero attached hydrogens (tertiary/aromatic N) is 2. The zero-order valence-electron chi connectivity index (χ0n) is 10.3. The lowest BCUT2D eigenvalue weighted by molar-refractivity contribution is 0.502. The van der Waals surface area contributed by atoms with Gasteiger partial charge in [-0.15, -0.1) is 0 Å². The Balaban J connectivity index is 1.99. The van der Waals surface area contributed by atoms with E-state index in [1.54, 1.807) is 6.07 Å². The van der Waals surface area contributed by atoms with Crippen LogP contribution in [0.25, 0.3) is 0 Å². The highest BCUT2D eigenvalue weighted by atomic mass is 15.1. The van der Waals surface area contributed by atoms with Crippen LogP contribution in [0, 0.1) is 5.92 Å². The van der Waals surface area contributed by atoms with Crippen LogP contribution in [0.15, 0.2) is 6.07 Å². The highest BCUT2D eigenvalue weighted by Crippen LogP contribution is 2.24. The number of aromatic nitrogens is 2. The Labute approximate surface area is 102 Å². The topological polar surface area (TPSA) is 89.8 Å². The first-order chi connectivity index (χ1) is 8.13. The van der Waals surface area contributed by atoms with E-state index in [-0.39, 0.29) is 5.95 Å². The van der Waals surface area contributed by atoms with Crippen molar-refractivity contribution in [3.63, 3.8) is 0 Å². The second-order valence-corrected chi connectivity index (χ2v) is 4.99. The molecule has 1 heterocycles. The third-order valence-corrected chi connectivity index (χ3v) is 3.37. The van der Waals surface area contributed by atoms with Crippen molar-refractivity contribution in [2.24, 2.45) is 5.92 Å². The number of anilines is 3. The summed E-state index contributed by atoms with van der Waals surface area (Å²) in [6.07, 6.45) is 6.24. The van der Waals surface area contributed by atoms with Crippen molar-refractivity contribution in [2.75, 3.05) is 16.8 Å². The van der Waals surface area contributed by atoms with Crippen LogP contribution >= 0.6 is 0 Å². The molecule has 2 rings (SSSR count). The van der Waals surface area contributed by atoms with Crippen molar-refractivity contribution in [1.82, 2.24) is 9.97 Å². The van der Waals surface area contributed by atoms with E-state index < -0.39 is 0 Å². The van der Waals surface area contributed by atoms with Gasteiger partial charge >= 0.3 is 0 Å². The molecule has 0 saturated heterocycles. The van der Waals surface area contributed by atoms with E-state index in [1.807, 2.05) is 0 Å². The molecule has 1 aromatic heterocycles. The molecule has 2 atom stereocenters. The number of nitrogen functional groups attached to an aromatic ring is 2. The van der Waals surface area contributed by atoms with Crippen LogP contribution < -0.4 is 16.8 Å². The molecule has 1 aromatic rings. The smallest absolute Gasteiger partial charge is 0.223 e. The summed E-state index contributed by atoms with van der Waals surface area (Å²) in [7, 11) is 0. The SMILES string of the molecule is CC1CCCC(Nc2cc(N)nc(N)n2)CC1. The fourth-order valence-corrected chi connectivity index (χ4v) is 2.40. The Morgan fingerprint density at radius 2 is 2.00 bits per heavy atom. The quantitative estimate of drug-likeness (QED) is 0.682. The molecule has 1 saturated carbocycles. The second-order valence-electron chi connectivity index (χ2n) is 4.99. The molecule has 0 aromatic carbocycles. The Hall–Kier alpha value is -1.52. The fourth-order valence-electron chi connectivity index (χ4n) is 2.40. The predicted octanol–water partition coefficient (Wildman–Crippen LogP) is 2.02. The van der Waals surface area contributed by atoms with Crippen molar-refractivity contribution in [2.45, 2.75) is 45.1 Å². The maximum absolute atomic E-state index is 5.65. The van der Waals surface area contributed by atoms with E-state index in [4.69, 9.17) is 11.5 Å². The Morgan fingerprint density at radius 3 is 2.76 bits per heavy atom. The lowest BCUT2D eigenvalue weighted by Gasteiger charge is -2.17. The summed E-state index contributed by atoms with van der Waals surface area (Å²) in [4.78, 5) is 8.02. The Bertz CT molecular complexity index is 359. The number of hydrogen-bond donors (Lipinski definition) is 3.